The standard InChI is InChI=1S/C28H31ClN2O3/c1-34-26(33)28(27(25(30)32)15-6-5-14-22(27)31-16-7-8-17-31)23(19-10-3-2-4-11-19)24(28)20-12-9-13-21(29)18-20/h2-4,9-13,18,22H,5-8,14-17H2,1H3,(H2,30,32). The van der Waals surface area contributed by atoms with E-state index < -0.39 is 22.7 Å². The molecule has 2 aromatic rings. The van der Waals surface area contributed by atoms with Gasteiger partial charge in [0.1, 0.15) is 5.41 Å². The summed E-state index contributed by atoms with van der Waals surface area (Å²) in [5, 5.41) is 0.580. The van der Waals surface area contributed by atoms with Crippen molar-refractivity contribution in [3.05, 3.63) is 70.7 Å². The quantitative estimate of drug-likeness (QED) is 0.597. The van der Waals surface area contributed by atoms with Gasteiger partial charge in [0.15, 0.2) is 0 Å². The van der Waals surface area contributed by atoms with Crippen LogP contribution in [0.4, 0.5) is 0 Å². The zero-order chi connectivity index (χ0) is 23.9. The molecule has 0 bridgehead atoms. The highest BCUT2D eigenvalue weighted by Gasteiger charge is 2.76. The summed E-state index contributed by atoms with van der Waals surface area (Å²) in [6, 6.07) is 17.2. The number of carbonyl (C=O) groups excluding carboxylic acids is 2. The fraction of sp³-hybridized carbons (Fsp3) is 0.429. The van der Waals surface area contributed by atoms with Gasteiger partial charge in [-0.2, -0.15) is 0 Å². The van der Waals surface area contributed by atoms with Gasteiger partial charge in [0, 0.05) is 11.1 Å². The molecule has 1 amide bonds. The molecule has 3 unspecified atom stereocenters. The van der Waals surface area contributed by atoms with E-state index in [9.17, 15) is 9.59 Å². The number of amides is 1. The van der Waals surface area contributed by atoms with E-state index in [2.05, 4.69) is 4.90 Å². The summed E-state index contributed by atoms with van der Waals surface area (Å²) >= 11 is 6.39. The Hall–Kier alpha value is -2.63. The second-order valence-corrected chi connectivity index (χ2v) is 10.1. The number of primary amides is 1. The van der Waals surface area contributed by atoms with Crippen molar-refractivity contribution in [2.24, 2.45) is 16.6 Å². The number of rotatable bonds is 6. The van der Waals surface area contributed by atoms with Crippen molar-refractivity contribution >= 4 is 34.6 Å². The Morgan fingerprint density at radius 1 is 0.971 bits per heavy atom. The Morgan fingerprint density at radius 2 is 1.65 bits per heavy atom. The van der Waals surface area contributed by atoms with Crippen molar-refractivity contribution in [3.63, 3.8) is 0 Å². The van der Waals surface area contributed by atoms with Crippen LogP contribution in [0, 0.1) is 10.8 Å². The summed E-state index contributed by atoms with van der Waals surface area (Å²) < 4.78 is 5.51. The summed E-state index contributed by atoms with van der Waals surface area (Å²) in [4.78, 5) is 30.1. The number of ether oxygens (including phenoxy) is 1. The van der Waals surface area contributed by atoms with Crippen LogP contribution in [0.1, 0.15) is 49.7 Å². The van der Waals surface area contributed by atoms with Crippen LogP contribution in [0.3, 0.4) is 0 Å². The minimum atomic E-state index is -1.24. The van der Waals surface area contributed by atoms with Gasteiger partial charge in [-0.25, -0.2) is 0 Å². The lowest BCUT2D eigenvalue weighted by molar-refractivity contribution is -0.161. The maximum absolute atomic E-state index is 14.0. The van der Waals surface area contributed by atoms with Crippen molar-refractivity contribution in [1.82, 2.24) is 4.90 Å². The predicted molar refractivity (Wildman–Crippen MR) is 134 cm³/mol. The van der Waals surface area contributed by atoms with Crippen LogP contribution < -0.4 is 5.73 Å². The Balaban J connectivity index is 1.79. The number of nitrogens with two attached hydrogens (primary N) is 1. The Labute approximate surface area is 205 Å². The topological polar surface area (TPSA) is 72.6 Å². The monoisotopic (exact) mass is 478 g/mol. The number of hydrogen-bond donors (Lipinski definition) is 1. The zero-order valence-electron chi connectivity index (χ0n) is 19.6. The van der Waals surface area contributed by atoms with Crippen molar-refractivity contribution in [2.75, 3.05) is 20.2 Å². The average Bonchev–Trinajstić information content (AvgIpc) is 3.27. The average molecular weight is 479 g/mol. The first-order chi connectivity index (χ1) is 16.5. The summed E-state index contributed by atoms with van der Waals surface area (Å²) in [5.74, 6) is -0.828. The maximum Gasteiger partial charge on any atom is 0.322 e. The molecule has 5 rings (SSSR count). The molecule has 0 aromatic heterocycles. The number of likely N-dealkylation sites (tertiary alicyclic amines) is 1. The molecule has 6 heteroatoms. The highest BCUT2D eigenvalue weighted by Crippen LogP contribution is 2.75. The number of carbonyl (C=O) groups is 2. The minimum absolute atomic E-state index is 0.115. The van der Waals surface area contributed by atoms with Gasteiger partial charge < -0.3 is 10.5 Å². The van der Waals surface area contributed by atoms with E-state index in [0.717, 1.165) is 67.5 Å². The molecular formula is C28H31ClN2O3. The fourth-order valence-electron chi connectivity index (χ4n) is 6.85. The molecule has 2 aromatic carbocycles. The number of benzene rings is 2. The number of halogens is 1. The number of methoxy groups -OCH3 is 1. The molecule has 3 aliphatic rings. The van der Waals surface area contributed by atoms with Crippen molar-refractivity contribution in [1.29, 1.82) is 0 Å². The predicted octanol–water partition coefficient (Wildman–Crippen LogP) is 4.93. The van der Waals surface area contributed by atoms with Crippen LogP contribution in [0.2, 0.25) is 5.02 Å². The van der Waals surface area contributed by atoms with E-state index in [1.807, 2.05) is 54.6 Å². The van der Waals surface area contributed by atoms with E-state index >= 15 is 0 Å². The van der Waals surface area contributed by atoms with Crippen LogP contribution in [-0.4, -0.2) is 43.0 Å². The van der Waals surface area contributed by atoms with E-state index in [0.29, 0.717) is 11.4 Å². The lowest BCUT2D eigenvalue weighted by Crippen LogP contribution is -2.63. The molecule has 2 aliphatic carbocycles. The molecule has 1 saturated heterocycles. The molecular weight excluding hydrogens is 448 g/mol. The SMILES string of the molecule is COC(=O)C1(C2(C(N)=O)CCCCC2N2CCCC2)C(c2ccccc2)=C1c1cccc(Cl)c1. The van der Waals surface area contributed by atoms with Gasteiger partial charge >= 0.3 is 5.97 Å². The Morgan fingerprint density at radius 3 is 2.29 bits per heavy atom. The zero-order valence-corrected chi connectivity index (χ0v) is 20.3. The Bertz CT molecular complexity index is 1140. The third-order valence-corrected chi connectivity index (χ3v) is 8.40. The van der Waals surface area contributed by atoms with Gasteiger partial charge in [-0.05, 0) is 73.2 Å². The number of hydrogen-bond acceptors (Lipinski definition) is 4. The second-order valence-electron chi connectivity index (χ2n) is 9.71. The molecule has 0 radical (unpaired) electrons. The smallest absolute Gasteiger partial charge is 0.322 e. The van der Waals surface area contributed by atoms with E-state index in [4.69, 9.17) is 22.1 Å². The third kappa shape index (κ3) is 3.24. The summed E-state index contributed by atoms with van der Waals surface area (Å²) in [5.41, 5.74) is 7.43. The normalized spacial score (nSPS) is 29.2. The lowest BCUT2D eigenvalue weighted by Gasteiger charge is -2.51. The van der Waals surface area contributed by atoms with Crippen LogP contribution >= 0.6 is 11.6 Å². The van der Waals surface area contributed by atoms with Gasteiger partial charge in [-0.3, -0.25) is 14.5 Å². The van der Waals surface area contributed by atoms with E-state index in [1.54, 1.807) is 0 Å². The molecule has 1 heterocycles. The molecule has 1 saturated carbocycles. The fourth-order valence-corrected chi connectivity index (χ4v) is 7.04. The largest absolute Gasteiger partial charge is 0.468 e. The molecule has 178 valence electrons. The van der Waals surface area contributed by atoms with E-state index in [1.165, 1.54) is 7.11 Å². The molecule has 34 heavy (non-hydrogen) atoms. The molecule has 3 atom stereocenters. The van der Waals surface area contributed by atoms with Gasteiger partial charge in [0.25, 0.3) is 0 Å². The van der Waals surface area contributed by atoms with Gasteiger partial charge in [0.2, 0.25) is 5.91 Å². The number of nitrogens with zero attached hydrogens (tertiary/aromatic N) is 1. The van der Waals surface area contributed by atoms with Crippen LogP contribution in [-0.2, 0) is 14.3 Å². The van der Waals surface area contributed by atoms with Crippen molar-refractivity contribution in [2.45, 2.75) is 44.6 Å². The summed E-state index contributed by atoms with van der Waals surface area (Å²) in [7, 11) is 1.41. The molecule has 2 fully saturated rings. The highest BCUT2D eigenvalue weighted by molar-refractivity contribution is 6.32. The van der Waals surface area contributed by atoms with Gasteiger partial charge in [0.05, 0.1) is 12.5 Å². The van der Waals surface area contributed by atoms with Crippen molar-refractivity contribution in [3.8, 4) is 0 Å². The molecule has 5 nitrogen and oxygen atoms in total. The summed E-state index contributed by atoms with van der Waals surface area (Å²) in [6.45, 7) is 1.84. The highest BCUT2D eigenvalue weighted by atomic mass is 35.5. The molecule has 0 spiro atoms. The van der Waals surface area contributed by atoms with Crippen LogP contribution in [0.5, 0.6) is 0 Å². The van der Waals surface area contributed by atoms with Gasteiger partial charge in [-0.15, -0.1) is 0 Å². The number of esters is 1. The first-order valence-electron chi connectivity index (χ1n) is 12.2. The van der Waals surface area contributed by atoms with Crippen LogP contribution in [0.15, 0.2) is 54.6 Å². The molecule has 2 N–H and O–H groups in total. The van der Waals surface area contributed by atoms with E-state index in [-0.39, 0.29) is 6.04 Å². The van der Waals surface area contributed by atoms with Crippen LogP contribution in [0.25, 0.3) is 11.1 Å². The van der Waals surface area contributed by atoms with Crippen molar-refractivity contribution < 1.29 is 14.3 Å². The lowest BCUT2D eigenvalue weighted by atomic mass is 9.56. The first kappa shape index (κ1) is 23.1. The summed E-state index contributed by atoms with van der Waals surface area (Å²) in [6.07, 6.45) is 5.44. The minimum Gasteiger partial charge on any atom is -0.468 e. The first-order valence-corrected chi connectivity index (χ1v) is 12.5. The maximum atomic E-state index is 14.0. The third-order valence-electron chi connectivity index (χ3n) is 8.16. The Kier molecular flexibility index (Phi) is 6.03. The molecule has 1 aliphatic heterocycles. The second kappa shape index (κ2) is 8.86. The van der Waals surface area contributed by atoms with Gasteiger partial charge in [-0.1, -0.05) is 66.9 Å².